The summed E-state index contributed by atoms with van der Waals surface area (Å²) in [6.45, 7) is 4.91. The Bertz CT molecular complexity index is 1470. The SMILES string of the molecule is CCOc1ccc2nc(NC(=O)C(C#N)=Cc3ccc(OCc4cccc(C)c4)c(OC)c3)sc2c1. The molecule has 1 heterocycles. The lowest BCUT2D eigenvalue weighted by Gasteiger charge is -2.12. The molecule has 0 bridgehead atoms. The van der Waals surface area contributed by atoms with Gasteiger partial charge in [-0.3, -0.25) is 10.1 Å². The first-order valence-electron chi connectivity index (χ1n) is 11.3. The van der Waals surface area contributed by atoms with Gasteiger partial charge in [0.15, 0.2) is 16.6 Å². The van der Waals surface area contributed by atoms with Crippen molar-refractivity contribution in [2.24, 2.45) is 0 Å². The van der Waals surface area contributed by atoms with E-state index in [0.717, 1.165) is 27.1 Å². The summed E-state index contributed by atoms with van der Waals surface area (Å²) < 4.78 is 17.8. The second-order valence-corrected chi connectivity index (χ2v) is 8.92. The second-order valence-electron chi connectivity index (χ2n) is 7.89. The monoisotopic (exact) mass is 499 g/mol. The maximum atomic E-state index is 12.8. The van der Waals surface area contributed by atoms with Crippen molar-refractivity contribution in [1.82, 2.24) is 4.98 Å². The molecule has 0 saturated heterocycles. The summed E-state index contributed by atoms with van der Waals surface area (Å²) in [5.74, 6) is 1.27. The third-order valence-corrected chi connectivity index (χ3v) is 6.17. The van der Waals surface area contributed by atoms with Gasteiger partial charge < -0.3 is 14.2 Å². The fourth-order valence-corrected chi connectivity index (χ4v) is 4.44. The molecule has 36 heavy (non-hydrogen) atoms. The van der Waals surface area contributed by atoms with Gasteiger partial charge in [-0.15, -0.1) is 0 Å². The van der Waals surface area contributed by atoms with E-state index in [0.29, 0.717) is 35.4 Å². The van der Waals surface area contributed by atoms with Gasteiger partial charge in [-0.1, -0.05) is 47.2 Å². The molecule has 0 spiro atoms. The quantitative estimate of drug-likeness (QED) is 0.220. The van der Waals surface area contributed by atoms with Crippen LogP contribution in [0.5, 0.6) is 17.2 Å². The Morgan fingerprint density at radius 1 is 1.11 bits per heavy atom. The van der Waals surface area contributed by atoms with Gasteiger partial charge in [0.05, 0.1) is 23.9 Å². The number of aromatic nitrogens is 1. The van der Waals surface area contributed by atoms with E-state index < -0.39 is 5.91 Å². The number of hydrogen-bond acceptors (Lipinski definition) is 7. The number of carbonyl (C=O) groups is 1. The Labute approximate surface area is 213 Å². The average Bonchev–Trinajstić information content (AvgIpc) is 3.28. The molecule has 3 aromatic carbocycles. The molecule has 0 saturated carbocycles. The van der Waals surface area contributed by atoms with Crippen molar-refractivity contribution in [1.29, 1.82) is 5.26 Å². The van der Waals surface area contributed by atoms with E-state index in [4.69, 9.17) is 14.2 Å². The van der Waals surface area contributed by atoms with Gasteiger partial charge in [0.25, 0.3) is 5.91 Å². The zero-order chi connectivity index (χ0) is 25.5. The second kappa shape index (κ2) is 11.4. The van der Waals surface area contributed by atoms with Crippen LogP contribution < -0.4 is 19.5 Å². The number of aryl methyl sites for hydroxylation is 1. The van der Waals surface area contributed by atoms with E-state index in [2.05, 4.69) is 16.4 Å². The Hall–Kier alpha value is -4.35. The number of rotatable bonds is 9. The highest BCUT2D eigenvalue weighted by molar-refractivity contribution is 7.22. The van der Waals surface area contributed by atoms with Crippen molar-refractivity contribution in [3.63, 3.8) is 0 Å². The Morgan fingerprint density at radius 3 is 2.72 bits per heavy atom. The first kappa shape index (κ1) is 24.8. The standard InChI is InChI=1S/C28H25N3O4S/c1-4-34-22-9-10-23-26(15-22)36-28(30-23)31-27(32)21(16-29)13-19-8-11-24(25(14-19)33-3)35-17-20-7-5-6-18(2)12-20/h5-15H,4,17H2,1-3H3,(H,30,31,32). The van der Waals surface area contributed by atoms with Crippen LogP contribution in [0.15, 0.2) is 66.2 Å². The predicted octanol–water partition coefficient (Wildman–Crippen LogP) is 6.14. The maximum absolute atomic E-state index is 12.8. The number of fused-ring (bicyclic) bond motifs is 1. The summed E-state index contributed by atoms with van der Waals surface area (Å²) in [6, 6.07) is 20.8. The molecule has 4 aromatic rings. The van der Waals surface area contributed by atoms with Gasteiger partial charge in [0.2, 0.25) is 0 Å². The third kappa shape index (κ3) is 6.01. The topological polar surface area (TPSA) is 93.5 Å². The molecule has 182 valence electrons. The van der Waals surface area contributed by atoms with Crippen LogP contribution in [0, 0.1) is 18.3 Å². The first-order chi connectivity index (χ1) is 17.5. The highest BCUT2D eigenvalue weighted by Crippen LogP contribution is 2.31. The third-order valence-electron chi connectivity index (χ3n) is 5.23. The van der Waals surface area contributed by atoms with E-state index in [1.165, 1.54) is 17.4 Å². The minimum atomic E-state index is -0.541. The van der Waals surface area contributed by atoms with E-state index in [1.807, 2.05) is 56.3 Å². The van der Waals surface area contributed by atoms with Crippen molar-refractivity contribution < 1.29 is 19.0 Å². The summed E-state index contributed by atoms with van der Waals surface area (Å²) in [6.07, 6.45) is 1.50. The number of methoxy groups -OCH3 is 1. The number of hydrogen-bond donors (Lipinski definition) is 1. The normalized spacial score (nSPS) is 11.1. The van der Waals surface area contributed by atoms with E-state index >= 15 is 0 Å². The van der Waals surface area contributed by atoms with Crippen LogP contribution in [-0.4, -0.2) is 24.6 Å². The number of nitrogens with zero attached hydrogens (tertiary/aromatic N) is 2. The number of nitrogens with one attached hydrogen (secondary N) is 1. The van der Waals surface area contributed by atoms with Gasteiger partial charge in [-0.05, 0) is 61.4 Å². The van der Waals surface area contributed by atoms with Crippen LogP contribution in [0.25, 0.3) is 16.3 Å². The molecule has 0 aliphatic heterocycles. The van der Waals surface area contributed by atoms with Crippen LogP contribution in [0.1, 0.15) is 23.6 Å². The molecule has 1 N–H and O–H groups in total. The van der Waals surface area contributed by atoms with Gasteiger partial charge >= 0.3 is 0 Å². The van der Waals surface area contributed by atoms with Gasteiger partial charge in [0, 0.05) is 0 Å². The fourth-order valence-electron chi connectivity index (χ4n) is 3.55. The summed E-state index contributed by atoms with van der Waals surface area (Å²) in [5, 5.41) is 12.7. The van der Waals surface area contributed by atoms with Gasteiger partial charge in [-0.25, -0.2) is 4.98 Å². The lowest BCUT2D eigenvalue weighted by Crippen LogP contribution is -2.13. The largest absolute Gasteiger partial charge is 0.494 e. The minimum absolute atomic E-state index is 0.0558. The summed E-state index contributed by atoms with van der Waals surface area (Å²) >= 11 is 1.32. The number of thiazole rings is 1. The van der Waals surface area contributed by atoms with Crippen LogP contribution in [0.3, 0.4) is 0 Å². The molecule has 0 aliphatic carbocycles. The number of anilines is 1. The molecule has 0 aliphatic rings. The molecule has 0 atom stereocenters. The van der Waals surface area contributed by atoms with Crippen molar-refractivity contribution in [2.75, 3.05) is 19.0 Å². The molecule has 8 heteroatoms. The molecular weight excluding hydrogens is 474 g/mol. The van der Waals surface area contributed by atoms with E-state index in [1.54, 1.807) is 25.3 Å². The van der Waals surface area contributed by atoms with Crippen LogP contribution in [-0.2, 0) is 11.4 Å². The predicted molar refractivity (Wildman–Crippen MR) is 142 cm³/mol. The van der Waals surface area contributed by atoms with Crippen LogP contribution >= 0.6 is 11.3 Å². The van der Waals surface area contributed by atoms with Gasteiger partial charge in [-0.2, -0.15) is 5.26 Å². The molecular formula is C28H25N3O4S. The van der Waals surface area contributed by atoms with E-state index in [-0.39, 0.29) is 5.57 Å². The number of carbonyl (C=O) groups excluding carboxylic acids is 1. The van der Waals surface area contributed by atoms with Crippen molar-refractivity contribution in [3.05, 3.63) is 82.9 Å². The number of benzene rings is 3. The van der Waals surface area contributed by atoms with Crippen LogP contribution in [0.2, 0.25) is 0 Å². The van der Waals surface area contributed by atoms with Crippen LogP contribution in [0.4, 0.5) is 5.13 Å². The molecule has 1 aromatic heterocycles. The Morgan fingerprint density at radius 2 is 1.97 bits per heavy atom. The minimum Gasteiger partial charge on any atom is -0.494 e. The number of amides is 1. The number of ether oxygens (including phenoxy) is 3. The molecule has 0 unspecified atom stereocenters. The summed E-state index contributed by atoms with van der Waals surface area (Å²) in [4.78, 5) is 17.2. The Balaban J connectivity index is 1.48. The van der Waals surface area contributed by atoms with Crippen molar-refractivity contribution in [2.45, 2.75) is 20.5 Å². The van der Waals surface area contributed by atoms with Gasteiger partial charge in [0.1, 0.15) is 24.0 Å². The smallest absolute Gasteiger partial charge is 0.268 e. The number of nitriles is 1. The highest BCUT2D eigenvalue weighted by atomic mass is 32.1. The molecule has 1 amide bonds. The molecule has 4 rings (SSSR count). The maximum Gasteiger partial charge on any atom is 0.268 e. The molecule has 0 radical (unpaired) electrons. The summed E-state index contributed by atoms with van der Waals surface area (Å²) in [7, 11) is 1.55. The lowest BCUT2D eigenvalue weighted by atomic mass is 10.1. The highest BCUT2D eigenvalue weighted by Gasteiger charge is 2.14. The zero-order valence-electron chi connectivity index (χ0n) is 20.2. The summed E-state index contributed by atoms with van der Waals surface area (Å²) in [5.41, 5.74) is 3.53. The lowest BCUT2D eigenvalue weighted by molar-refractivity contribution is -0.112. The van der Waals surface area contributed by atoms with Crippen molar-refractivity contribution in [3.8, 4) is 23.3 Å². The zero-order valence-corrected chi connectivity index (χ0v) is 21.0. The molecule has 0 fully saturated rings. The van der Waals surface area contributed by atoms with Crippen molar-refractivity contribution >= 4 is 38.7 Å². The fraction of sp³-hybridized carbons (Fsp3) is 0.179. The molecule has 7 nitrogen and oxygen atoms in total. The first-order valence-corrected chi connectivity index (χ1v) is 12.1. The Kier molecular flexibility index (Phi) is 7.83. The van der Waals surface area contributed by atoms with E-state index in [9.17, 15) is 10.1 Å². The average molecular weight is 500 g/mol.